The lowest BCUT2D eigenvalue weighted by atomic mass is 9.96. The quantitative estimate of drug-likeness (QED) is 0.796. The maximum atomic E-state index is 11.8. The number of hydrogen-bond acceptors (Lipinski definition) is 3. The van der Waals surface area contributed by atoms with Gasteiger partial charge in [-0.1, -0.05) is 26.0 Å². The number of hydrogen-bond donors (Lipinski definition) is 2. The lowest BCUT2D eigenvalue weighted by Crippen LogP contribution is -2.38. The Morgan fingerprint density at radius 2 is 1.88 bits per heavy atom. The van der Waals surface area contributed by atoms with Gasteiger partial charge in [0.2, 0.25) is 0 Å². The predicted octanol–water partition coefficient (Wildman–Crippen LogP) is 1.75. The van der Waals surface area contributed by atoms with E-state index in [0.29, 0.717) is 6.42 Å². The third kappa shape index (κ3) is 3.35. The first kappa shape index (κ1) is 12.7. The van der Waals surface area contributed by atoms with Crippen LogP contribution in [-0.2, 0) is 11.2 Å². The van der Waals surface area contributed by atoms with E-state index in [1.807, 2.05) is 26.0 Å². The highest BCUT2D eigenvalue weighted by molar-refractivity contribution is 5.85. The molecule has 1 unspecified atom stereocenters. The summed E-state index contributed by atoms with van der Waals surface area (Å²) in [6.07, 6.45) is 0.661. The summed E-state index contributed by atoms with van der Waals surface area (Å²) < 4.78 is 0. The van der Waals surface area contributed by atoms with Crippen molar-refractivity contribution in [3.63, 3.8) is 0 Å². The smallest absolute Gasteiger partial charge is 0.152 e. The third-order valence-corrected chi connectivity index (χ3v) is 2.64. The standard InChI is InChI=1S/C13H19NO2/c1-9(2)13(16)12(14-3)8-10-4-6-11(15)7-5-10/h4-7,9,12,14-15H,8H2,1-3H3. The monoisotopic (exact) mass is 221 g/mol. The Hall–Kier alpha value is -1.35. The van der Waals surface area contributed by atoms with Crippen LogP contribution in [0.1, 0.15) is 19.4 Å². The zero-order valence-electron chi connectivity index (χ0n) is 10.0. The van der Waals surface area contributed by atoms with Gasteiger partial charge in [-0.05, 0) is 31.2 Å². The van der Waals surface area contributed by atoms with Crippen molar-refractivity contribution >= 4 is 5.78 Å². The average molecular weight is 221 g/mol. The number of aromatic hydroxyl groups is 1. The highest BCUT2D eigenvalue weighted by Crippen LogP contribution is 2.12. The Balaban J connectivity index is 2.70. The maximum absolute atomic E-state index is 11.8. The molecule has 0 bridgehead atoms. The molecule has 1 rings (SSSR count). The van der Waals surface area contributed by atoms with Gasteiger partial charge in [0.05, 0.1) is 6.04 Å². The van der Waals surface area contributed by atoms with Crippen LogP contribution in [0.3, 0.4) is 0 Å². The SMILES string of the molecule is CNC(Cc1ccc(O)cc1)C(=O)C(C)C. The molecule has 0 heterocycles. The van der Waals surface area contributed by atoms with E-state index in [-0.39, 0.29) is 23.5 Å². The molecule has 1 atom stereocenters. The van der Waals surface area contributed by atoms with Crippen LogP contribution < -0.4 is 5.32 Å². The number of carbonyl (C=O) groups is 1. The van der Waals surface area contributed by atoms with Crippen molar-refractivity contribution in [2.75, 3.05) is 7.05 Å². The Morgan fingerprint density at radius 1 is 1.31 bits per heavy atom. The van der Waals surface area contributed by atoms with Gasteiger partial charge in [0.15, 0.2) is 5.78 Å². The number of Topliss-reactive ketones (excluding diaryl/α,β-unsaturated/α-hetero) is 1. The molecule has 0 fully saturated rings. The van der Waals surface area contributed by atoms with Crippen molar-refractivity contribution in [1.82, 2.24) is 5.32 Å². The lowest BCUT2D eigenvalue weighted by molar-refractivity contribution is -0.123. The number of phenols is 1. The van der Waals surface area contributed by atoms with E-state index in [0.717, 1.165) is 5.56 Å². The topological polar surface area (TPSA) is 49.3 Å². The van der Waals surface area contributed by atoms with Crippen molar-refractivity contribution in [1.29, 1.82) is 0 Å². The summed E-state index contributed by atoms with van der Waals surface area (Å²) >= 11 is 0. The van der Waals surface area contributed by atoms with Crippen molar-refractivity contribution in [3.05, 3.63) is 29.8 Å². The summed E-state index contributed by atoms with van der Waals surface area (Å²) in [6, 6.07) is 6.81. The molecule has 1 aromatic carbocycles. The number of rotatable bonds is 5. The lowest BCUT2D eigenvalue weighted by Gasteiger charge is -2.17. The molecule has 0 aromatic heterocycles. The predicted molar refractivity (Wildman–Crippen MR) is 64.5 cm³/mol. The number of benzene rings is 1. The highest BCUT2D eigenvalue weighted by Gasteiger charge is 2.19. The van der Waals surface area contributed by atoms with Crippen LogP contribution in [0, 0.1) is 5.92 Å². The Morgan fingerprint density at radius 3 is 2.31 bits per heavy atom. The molecular weight excluding hydrogens is 202 g/mol. The van der Waals surface area contributed by atoms with Crippen molar-refractivity contribution in [2.45, 2.75) is 26.3 Å². The number of carbonyl (C=O) groups excluding carboxylic acids is 1. The van der Waals surface area contributed by atoms with Crippen LogP contribution in [0.5, 0.6) is 5.75 Å². The fourth-order valence-electron chi connectivity index (χ4n) is 1.62. The summed E-state index contributed by atoms with van der Waals surface area (Å²) in [5.41, 5.74) is 1.05. The van der Waals surface area contributed by atoms with Crippen molar-refractivity contribution in [2.24, 2.45) is 5.92 Å². The van der Waals surface area contributed by atoms with E-state index in [9.17, 15) is 4.79 Å². The molecule has 0 aliphatic rings. The summed E-state index contributed by atoms with van der Waals surface area (Å²) in [5, 5.41) is 12.2. The van der Waals surface area contributed by atoms with E-state index >= 15 is 0 Å². The van der Waals surface area contributed by atoms with Crippen molar-refractivity contribution < 1.29 is 9.90 Å². The molecule has 2 N–H and O–H groups in total. The van der Waals surface area contributed by atoms with Crippen molar-refractivity contribution in [3.8, 4) is 5.75 Å². The Bertz CT molecular complexity index is 343. The Kier molecular flexibility index (Phi) is 4.50. The van der Waals surface area contributed by atoms with Crippen LogP contribution >= 0.6 is 0 Å². The van der Waals surface area contributed by atoms with Gasteiger partial charge in [0, 0.05) is 5.92 Å². The summed E-state index contributed by atoms with van der Waals surface area (Å²) in [7, 11) is 1.80. The van der Waals surface area contributed by atoms with Gasteiger partial charge in [-0.2, -0.15) is 0 Å². The molecule has 0 saturated heterocycles. The van der Waals surface area contributed by atoms with E-state index in [2.05, 4.69) is 5.32 Å². The highest BCUT2D eigenvalue weighted by atomic mass is 16.3. The second kappa shape index (κ2) is 5.66. The minimum atomic E-state index is -0.149. The molecule has 88 valence electrons. The normalized spacial score (nSPS) is 12.8. The zero-order valence-corrected chi connectivity index (χ0v) is 10.0. The van der Waals surface area contributed by atoms with Gasteiger partial charge in [-0.15, -0.1) is 0 Å². The average Bonchev–Trinajstić information content (AvgIpc) is 2.27. The van der Waals surface area contributed by atoms with Gasteiger partial charge >= 0.3 is 0 Å². The van der Waals surface area contributed by atoms with Crippen LogP contribution in [-0.4, -0.2) is 24.0 Å². The summed E-state index contributed by atoms with van der Waals surface area (Å²) in [4.78, 5) is 11.8. The van der Waals surface area contributed by atoms with E-state index < -0.39 is 0 Å². The largest absolute Gasteiger partial charge is 0.508 e. The Labute approximate surface area is 96.5 Å². The molecule has 0 radical (unpaired) electrons. The molecule has 0 aliphatic carbocycles. The number of nitrogens with one attached hydrogen (secondary N) is 1. The number of likely N-dealkylation sites (N-methyl/N-ethyl adjacent to an activating group) is 1. The van der Waals surface area contributed by atoms with Gasteiger partial charge in [0.1, 0.15) is 5.75 Å². The van der Waals surface area contributed by atoms with E-state index in [1.165, 1.54) is 0 Å². The fraction of sp³-hybridized carbons (Fsp3) is 0.462. The van der Waals surface area contributed by atoms with Crippen LogP contribution in [0.4, 0.5) is 0 Å². The molecule has 16 heavy (non-hydrogen) atoms. The van der Waals surface area contributed by atoms with Gasteiger partial charge in [0.25, 0.3) is 0 Å². The van der Waals surface area contributed by atoms with Gasteiger partial charge in [-0.3, -0.25) is 4.79 Å². The molecule has 0 spiro atoms. The minimum absolute atomic E-state index is 0.0366. The van der Waals surface area contributed by atoms with E-state index in [1.54, 1.807) is 19.2 Å². The molecule has 1 aromatic rings. The van der Waals surface area contributed by atoms with Crippen LogP contribution in [0.2, 0.25) is 0 Å². The van der Waals surface area contributed by atoms with E-state index in [4.69, 9.17) is 5.11 Å². The minimum Gasteiger partial charge on any atom is -0.508 e. The second-order valence-electron chi connectivity index (χ2n) is 4.27. The molecule has 3 nitrogen and oxygen atoms in total. The summed E-state index contributed by atoms with van der Waals surface area (Å²) in [6.45, 7) is 3.81. The van der Waals surface area contributed by atoms with Crippen LogP contribution in [0.25, 0.3) is 0 Å². The summed E-state index contributed by atoms with van der Waals surface area (Å²) in [5.74, 6) is 0.505. The zero-order chi connectivity index (χ0) is 12.1. The first-order valence-electron chi connectivity index (χ1n) is 5.53. The number of ketones is 1. The maximum Gasteiger partial charge on any atom is 0.152 e. The fourth-order valence-corrected chi connectivity index (χ4v) is 1.62. The number of phenolic OH excluding ortho intramolecular Hbond substituents is 1. The van der Waals surface area contributed by atoms with Gasteiger partial charge in [-0.25, -0.2) is 0 Å². The molecular formula is C13H19NO2. The first-order valence-corrected chi connectivity index (χ1v) is 5.53. The van der Waals surface area contributed by atoms with Crippen LogP contribution in [0.15, 0.2) is 24.3 Å². The third-order valence-electron chi connectivity index (χ3n) is 2.64. The molecule has 0 aliphatic heterocycles. The van der Waals surface area contributed by atoms with Gasteiger partial charge < -0.3 is 10.4 Å². The molecule has 0 amide bonds. The second-order valence-corrected chi connectivity index (χ2v) is 4.27. The molecule has 3 heteroatoms. The first-order chi connectivity index (χ1) is 7.54. The molecule has 0 saturated carbocycles.